The molecule has 0 amide bonds. The minimum Gasteiger partial charge on any atom is -0.393 e. The Bertz CT molecular complexity index is 283. The van der Waals surface area contributed by atoms with Crippen LogP contribution in [0.3, 0.4) is 0 Å². The van der Waals surface area contributed by atoms with E-state index in [-0.39, 0.29) is 11.7 Å². The van der Waals surface area contributed by atoms with Crippen LogP contribution >= 0.6 is 15.9 Å². The summed E-state index contributed by atoms with van der Waals surface area (Å²) >= 11 is 3.20. The van der Waals surface area contributed by atoms with Crippen LogP contribution in [0.4, 0.5) is 4.39 Å². The van der Waals surface area contributed by atoms with E-state index >= 15 is 0 Å². The van der Waals surface area contributed by atoms with Gasteiger partial charge in [-0.15, -0.1) is 0 Å². The van der Waals surface area contributed by atoms with Gasteiger partial charge in [-0.05, 0) is 22.9 Å². The van der Waals surface area contributed by atoms with Gasteiger partial charge >= 0.3 is 0 Å². The zero-order valence-electron chi connectivity index (χ0n) is 7.46. The zero-order chi connectivity index (χ0) is 10.0. The Hall–Kier alpha value is -0.480. The predicted octanol–water partition coefficient (Wildman–Crippen LogP) is 2.47. The summed E-state index contributed by atoms with van der Waals surface area (Å²) in [4.78, 5) is 3.68. The first-order valence-corrected chi connectivity index (χ1v) is 4.80. The molecular weight excluding hydrogens is 237 g/mol. The van der Waals surface area contributed by atoms with E-state index in [2.05, 4.69) is 20.9 Å². The molecule has 0 saturated carbocycles. The number of aliphatic hydroxyl groups excluding tert-OH is 1. The van der Waals surface area contributed by atoms with Crippen LogP contribution in [0, 0.1) is 5.82 Å². The maximum absolute atomic E-state index is 13.3. The molecule has 0 saturated heterocycles. The number of pyridine rings is 1. The molecule has 1 rings (SSSR count). The van der Waals surface area contributed by atoms with Gasteiger partial charge in [0.25, 0.3) is 0 Å². The highest BCUT2D eigenvalue weighted by Gasteiger charge is 2.18. The Morgan fingerprint density at radius 3 is 2.54 bits per heavy atom. The predicted molar refractivity (Wildman–Crippen MR) is 52.0 cm³/mol. The molecule has 72 valence electrons. The van der Waals surface area contributed by atoms with Crippen molar-refractivity contribution in [3.05, 3.63) is 28.2 Å². The second-order valence-corrected chi connectivity index (χ2v) is 3.90. The third kappa shape index (κ3) is 2.25. The van der Waals surface area contributed by atoms with Crippen molar-refractivity contribution in [1.29, 1.82) is 0 Å². The van der Waals surface area contributed by atoms with Crippen LogP contribution < -0.4 is 0 Å². The van der Waals surface area contributed by atoms with E-state index in [0.29, 0.717) is 10.0 Å². The molecule has 0 bridgehead atoms. The lowest BCUT2D eigenvalue weighted by Gasteiger charge is -2.16. The topological polar surface area (TPSA) is 33.1 Å². The highest BCUT2D eigenvalue weighted by molar-refractivity contribution is 9.10. The van der Waals surface area contributed by atoms with Gasteiger partial charge < -0.3 is 5.11 Å². The summed E-state index contributed by atoms with van der Waals surface area (Å²) in [5.74, 6) is -0.625. The van der Waals surface area contributed by atoms with Crippen molar-refractivity contribution in [2.75, 3.05) is 0 Å². The molecule has 0 fully saturated rings. The molecule has 2 unspecified atom stereocenters. The van der Waals surface area contributed by atoms with Crippen molar-refractivity contribution in [1.82, 2.24) is 4.98 Å². The summed E-state index contributed by atoms with van der Waals surface area (Å²) < 4.78 is 13.9. The quantitative estimate of drug-likeness (QED) is 0.872. The minimum absolute atomic E-state index is 0.239. The fourth-order valence-corrected chi connectivity index (χ4v) is 1.77. The fourth-order valence-electron chi connectivity index (χ4n) is 1.10. The van der Waals surface area contributed by atoms with Gasteiger partial charge in [-0.2, -0.15) is 0 Å². The highest BCUT2D eigenvalue weighted by atomic mass is 79.9. The molecule has 0 aliphatic carbocycles. The standard InChI is InChI=1S/C9H11BrFNO/c1-5(6(2)13)9-7(10)3-12-4-8(9)11/h3-6,13H,1-2H3. The number of hydrogen-bond acceptors (Lipinski definition) is 2. The van der Waals surface area contributed by atoms with Crippen LogP contribution in [0.15, 0.2) is 16.9 Å². The molecule has 0 aliphatic rings. The van der Waals surface area contributed by atoms with Gasteiger partial charge in [0, 0.05) is 22.2 Å². The summed E-state index contributed by atoms with van der Waals surface area (Å²) in [5, 5.41) is 9.32. The first-order chi connectivity index (χ1) is 6.04. The number of aliphatic hydroxyl groups is 1. The van der Waals surface area contributed by atoms with Crippen molar-refractivity contribution in [3.8, 4) is 0 Å². The van der Waals surface area contributed by atoms with Crippen molar-refractivity contribution >= 4 is 15.9 Å². The summed E-state index contributed by atoms with van der Waals surface area (Å²) in [6.07, 6.45) is 2.10. The summed E-state index contributed by atoms with van der Waals surface area (Å²) in [6.45, 7) is 3.41. The van der Waals surface area contributed by atoms with Crippen LogP contribution in [0.5, 0.6) is 0 Å². The van der Waals surface area contributed by atoms with Gasteiger partial charge in [-0.3, -0.25) is 4.98 Å². The van der Waals surface area contributed by atoms with Crippen LogP contribution in [0.25, 0.3) is 0 Å². The van der Waals surface area contributed by atoms with E-state index in [1.807, 2.05) is 0 Å². The van der Waals surface area contributed by atoms with Gasteiger partial charge in [0.2, 0.25) is 0 Å². The van der Waals surface area contributed by atoms with Crippen LogP contribution in [0.2, 0.25) is 0 Å². The first-order valence-electron chi connectivity index (χ1n) is 4.01. The van der Waals surface area contributed by atoms with Crippen molar-refractivity contribution in [2.24, 2.45) is 0 Å². The second kappa shape index (κ2) is 4.15. The average Bonchev–Trinajstić information content (AvgIpc) is 2.03. The second-order valence-electron chi connectivity index (χ2n) is 3.05. The number of nitrogens with zero attached hydrogens (tertiary/aromatic N) is 1. The van der Waals surface area contributed by atoms with E-state index in [4.69, 9.17) is 0 Å². The summed E-state index contributed by atoms with van der Waals surface area (Å²) in [5.41, 5.74) is 0.477. The van der Waals surface area contributed by atoms with Crippen molar-refractivity contribution < 1.29 is 9.50 Å². The Morgan fingerprint density at radius 1 is 1.46 bits per heavy atom. The van der Waals surface area contributed by atoms with E-state index in [1.165, 1.54) is 6.20 Å². The van der Waals surface area contributed by atoms with E-state index < -0.39 is 6.10 Å². The highest BCUT2D eigenvalue weighted by Crippen LogP contribution is 2.28. The van der Waals surface area contributed by atoms with Gasteiger partial charge in [0.15, 0.2) is 0 Å². The minimum atomic E-state index is -0.576. The number of aromatic nitrogens is 1. The smallest absolute Gasteiger partial charge is 0.146 e. The molecule has 1 N–H and O–H groups in total. The Balaban J connectivity index is 3.12. The van der Waals surface area contributed by atoms with Gasteiger partial charge in [-0.1, -0.05) is 6.92 Å². The van der Waals surface area contributed by atoms with E-state index in [9.17, 15) is 9.50 Å². The van der Waals surface area contributed by atoms with Crippen LogP contribution in [0.1, 0.15) is 25.3 Å². The third-order valence-electron chi connectivity index (χ3n) is 2.07. The Labute approximate surface area is 84.9 Å². The lowest BCUT2D eigenvalue weighted by molar-refractivity contribution is 0.167. The monoisotopic (exact) mass is 247 g/mol. The number of halogens is 2. The Morgan fingerprint density at radius 2 is 2.08 bits per heavy atom. The molecule has 0 aromatic carbocycles. The van der Waals surface area contributed by atoms with Crippen molar-refractivity contribution in [2.45, 2.75) is 25.9 Å². The molecule has 2 nitrogen and oxygen atoms in total. The molecule has 0 spiro atoms. The van der Waals surface area contributed by atoms with Crippen LogP contribution in [-0.4, -0.2) is 16.2 Å². The summed E-state index contributed by atoms with van der Waals surface area (Å²) in [7, 11) is 0. The lowest BCUT2D eigenvalue weighted by atomic mass is 9.97. The van der Waals surface area contributed by atoms with Crippen molar-refractivity contribution in [3.63, 3.8) is 0 Å². The molecule has 1 aromatic heterocycles. The van der Waals surface area contributed by atoms with Crippen LogP contribution in [-0.2, 0) is 0 Å². The van der Waals surface area contributed by atoms with E-state index in [0.717, 1.165) is 6.20 Å². The van der Waals surface area contributed by atoms with Gasteiger partial charge in [0.05, 0.1) is 12.3 Å². The molecule has 0 radical (unpaired) electrons. The molecule has 1 aromatic rings. The average molecular weight is 248 g/mol. The summed E-state index contributed by atoms with van der Waals surface area (Å²) in [6, 6.07) is 0. The zero-order valence-corrected chi connectivity index (χ0v) is 9.05. The molecule has 1 heterocycles. The largest absolute Gasteiger partial charge is 0.393 e. The molecule has 2 atom stereocenters. The van der Waals surface area contributed by atoms with E-state index in [1.54, 1.807) is 13.8 Å². The molecular formula is C9H11BrFNO. The normalized spacial score (nSPS) is 15.5. The molecule has 0 aliphatic heterocycles. The third-order valence-corrected chi connectivity index (χ3v) is 2.70. The SMILES string of the molecule is CC(O)C(C)c1c(F)cncc1Br. The maximum atomic E-state index is 13.3. The number of hydrogen-bond donors (Lipinski definition) is 1. The molecule has 4 heteroatoms. The fraction of sp³-hybridized carbons (Fsp3) is 0.444. The maximum Gasteiger partial charge on any atom is 0.146 e. The first kappa shape index (κ1) is 10.6. The van der Waals surface area contributed by atoms with Gasteiger partial charge in [0.1, 0.15) is 5.82 Å². The molecule has 13 heavy (non-hydrogen) atoms. The number of rotatable bonds is 2. The Kier molecular flexibility index (Phi) is 3.39. The van der Waals surface area contributed by atoms with Gasteiger partial charge in [-0.25, -0.2) is 4.39 Å². The lowest BCUT2D eigenvalue weighted by Crippen LogP contribution is -2.13.